The van der Waals surface area contributed by atoms with Crippen molar-refractivity contribution in [3.8, 4) is 5.88 Å². The van der Waals surface area contributed by atoms with Gasteiger partial charge in [0.25, 0.3) is 0 Å². The van der Waals surface area contributed by atoms with Crippen molar-refractivity contribution >= 4 is 17.1 Å². The van der Waals surface area contributed by atoms with Crippen molar-refractivity contribution in [3.63, 3.8) is 0 Å². The fourth-order valence-electron chi connectivity index (χ4n) is 1.15. The fraction of sp³-hybridized carbons (Fsp3) is 0.375. The van der Waals surface area contributed by atoms with E-state index in [0.717, 1.165) is 0 Å². The van der Waals surface area contributed by atoms with E-state index in [1.165, 1.54) is 6.33 Å². The third-order valence-electron chi connectivity index (χ3n) is 1.99. The second kappa shape index (κ2) is 4.27. The number of nitrogens with zero attached hydrogens (tertiary/aromatic N) is 3. The quantitative estimate of drug-likeness (QED) is 0.811. The zero-order valence-electron chi connectivity index (χ0n) is 8.70. The molecule has 2 rings (SSSR count). The van der Waals surface area contributed by atoms with Gasteiger partial charge in [0.15, 0.2) is 12.3 Å². The molecule has 98 valence electrons. The number of nitrogens with two attached hydrogens (primary N) is 1. The van der Waals surface area contributed by atoms with Crippen LogP contribution in [0.25, 0.3) is 11.2 Å². The molecule has 0 aliphatic carbocycles. The van der Waals surface area contributed by atoms with Crippen LogP contribution in [0.1, 0.15) is 0 Å². The average molecular weight is 265 g/mol. The maximum Gasteiger partial charge on any atom is 0.340 e. The summed E-state index contributed by atoms with van der Waals surface area (Å²) >= 11 is 0. The maximum atomic E-state index is 12.7. The molecule has 6 nitrogen and oxygen atoms in total. The molecule has 0 spiro atoms. The Kier molecular flexibility index (Phi) is 2.93. The summed E-state index contributed by atoms with van der Waals surface area (Å²) in [5, 5.41) is 0. The van der Waals surface area contributed by atoms with Crippen LogP contribution in [0.15, 0.2) is 6.33 Å². The zero-order chi connectivity index (χ0) is 13.3. The van der Waals surface area contributed by atoms with Gasteiger partial charge in [-0.3, -0.25) is 0 Å². The summed E-state index contributed by atoms with van der Waals surface area (Å²) in [6.45, 7) is -1.52. The lowest BCUT2D eigenvalue weighted by atomic mass is 10.4. The van der Waals surface area contributed by atoms with Gasteiger partial charge in [0.2, 0.25) is 11.8 Å². The lowest BCUT2D eigenvalue weighted by Crippen LogP contribution is -2.34. The number of fused-ring (bicyclic) bond motifs is 1. The van der Waals surface area contributed by atoms with E-state index in [1.54, 1.807) is 0 Å². The number of halogens is 4. The Bertz CT molecular complexity index is 557. The molecule has 2 aromatic heterocycles. The van der Waals surface area contributed by atoms with E-state index in [-0.39, 0.29) is 23.0 Å². The first kappa shape index (κ1) is 12.3. The molecule has 0 saturated heterocycles. The summed E-state index contributed by atoms with van der Waals surface area (Å²) in [6.07, 6.45) is -2.61. The molecule has 0 bridgehead atoms. The highest BCUT2D eigenvalue weighted by atomic mass is 19.3. The summed E-state index contributed by atoms with van der Waals surface area (Å²) in [5.74, 6) is -4.88. The Morgan fingerprint density at radius 1 is 1.39 bits per heavy atom. The molecule has 0 atom stereocenters. The molecule has 0 aliphatic rings. The number of alkyl halides is 4. The third-order valence-corrected chi connectivity index (χ3v) is 1.99. The van der Waals surface area contributed by atoms with Gasteiger partial charge < -0.3 is 15.5 Å². The molecule has 18 heavy (non-hydrogen) atoms. The topological polar surface area (TPSA) is 89.7 Å². The number of hydrogen-bond acceptors (Lipinski definition) is 5. The highest BCUT2D eigenvalue weighted by Crippen LogP contribution is 2.26. The lowest BCUT2D eigenvalue weighted by molar-refractivity contribution is -0.148. The minimum atomic E-state index is -4.27. The number of aromatic nitrogens is 4. The average Bonchev–Trinajstić information content (AvgIpc) is 2.73. The number of H-pyrrole nitrogens is 1. The first-order valence-corrected chi connectivity index (χ1v) is 4.65. The monoisotopic (exact) mass is 265 g/mol. The first-order valence-electron chi connectivity index (χ1n) is 4.65. The maximum absolute atomic E-state index is 12.7. The van der Waals surface area contributed by atoms with Crippen molar-refractivity contribution in [1.29, 1.82) is 0 Å². The van der Waals surface area contributed by atoms with Crippen LogP contribution in [0.3, 0.4) is 0 Å². The van der Waals surface area contributed by atoms with Crippen molar-refractivity contribution in [2.24, 2.45) is 0 Å². The Morgan fingerprint density at radius 2 is 2.11 bits per heavy atom. The molecule has 0 saturated carbocycles. The van der Waals surface area contributed by atoms with Gasteiger partial charge in [-0.05, 0) is 0 Å². The van der Waals surface area contributed by atoms with E-state index in [2.05, 4.69) is 24.7 Å². The van der Waals surface area contributed by atoms with E-state index in [4.69, 9.17) is 5.73 Å². The molecule has 0 unspecified atom stereocenters. The smallest absolute Gasteiger partial charge is 0.340 e. The summed E-state index contributed by atoms with van der Waals surface area (Å²) in [6, 6.07) is 0. The number of imidazole rings is 1. The lowest BCUT2D eigenvalue weighted by Gasteiger charge is -2.15. The molecule has 2 heterocycles. The van der Waals surface area contributed by atoms with Crippen molar-refractivity contribution in [2.75, 3.05) is 12.3 Å². The van der Waals surface area contributed by atoms with Crippen LogP contribution in [0.4, 0.5) is 23.5 Å². The molecular formula is C8H7F4N5O. The Labute approximate surface area is 97.2 Å². The Balaban J connectivity index is 2.24. The van der Waals surface area contributed by atoms with Crippen LogP contribution < -0.4 is 10.5 Å². The molecule has 0 fully saturated rings. The number of ether oxygens (including phenoxy) is 1. The number of aromatic amines is 1. The van der Waals surface area contributed by atoms with Crippen molar-refractivity contribution < 1.29 is 22.3 Å². The van der Waals surface area contributed by atoms with Crippen LogP contribution in [0, 0.1) is 0 Å². The second-order valence-electron chi connectivity index (χ2n) is 3.34. The number of rotatable bonds is 4. The summed E-state index contributed by atoms with van der Waals surface area (Å²) in [5.41, 5.74) is 5.49. The standard InChI is InChI=1S/C8H7F4N5O/c9-6(10)8(11,12)1-18-5-3-4(15-2-14-3)16-7(13)17-5/h2,6H,1H2,(H3,13,14,15,16,17). The summed E-state index contributed by atoms with van der Waals surface area (Å²) < 4.78 is 53.8. The van der Waals surface area contributed by atoms with E-state index < -0.39 is 19.0 Å². The molecule has 0 amide bonds. The molecule has 0 radical (unpaired) electrons. The van der Waals surface area contributed by atoms with Crippen LogP contribution in [-0.2, 0) is 0 Å². The molecule has 10 heteroatoms. The molecule has 0 aliphatic heterocycles. The molecule has 2 aromatic rings. The van der Waals surface area contributed by atoms with Crippen LogP contribution in [-0.4, -0.2) is 38.9 Å². The van der Waals surface area contributed by atoms with Gasteiger partial charge in [0.05, 0.1) is 6.33 Å². The minimum Gasteiger partial charge on any atom is -0.469 e. The molecule has 0 aromatic carbocycles. The second-order valence-corrected chi connectivity index (χ2v) is 3.34. The Hall–Kier alpha value is -2.13. The van der Waals surface area contributed by atoms with E-state index in [1.807, 2.05) is 0 Å². The van der Waals surface area contributed by atoms with Gasteiger partial charge in [-0.1, -0.05) is 0 Å². The number of hydrogen-bond donors (Lipinski definition) is 2. The van der Waals surface area contributed by atoms with Gasteiger partial charge >= 0.3 is 12.3 Å². The van der Waals surface area contributed by atoms with E-state index in [9.17, 15) is 17.6 Å². The third kappa shape index (κ3) is 2.26. The minimum absolute atomic E-state index is 0.0952. The van der Waals surface area contributed by atoms with Crippen LogP contribution in [0.5, 0.6) is 5.88 Å². The number of nitrogens with one attached hydrogen (secondary N) is 1. The first-order chi connectivity index (χ1) is 8.40. The highest BCUT2D eigenvalue weighted by molar-refractivity contribution is 5.76. The highest BCUT2D eigenvalue weighted by Gasteiger charge is 2.42. The Morgan fingerprint density at radius 3 is 2.78 bits per heavy atom. The summed E-state index contributed by atoms with van der Waals surface area (Å²) in [7, 11) is 0. The van der Waals surface area contributed by atoms with Crippen molar-refractivity contribution in [3.05, 3.63) is 6.33 Å². The zero-order valence-corrected chi connectivity index (χ0v) is 8.70. The SMILES string of the molecule is Nc1nc(OCC(F)(F)C(F)F)c2[nH]cnc2n1. The molecular weight excluding hydrogens is 258 g/mol. The van der Waals surface area contributed by atoms with Gasteiger partial charge in [-0.2, -0.15) is 18.7 Å². The fourth-order valence-corrected chi connectivity index (χ4v) is 1.15. The van der Waals surface area contributed by atoms with Crippen LogP contribution in [0.2, 0.25) is 0 Å². The van der Waals surface area contributed by atoms with Gasteiger partial charge in [0, 0.05) is 0 Å². The predicted molar refractivity (Wildman–Crippen MR) is 52.5 cm³/mol. The van der Waals surface area contributed by atoms with Crippen LogP contribution >= 0.6 is 0 Å². The van der Waals surface area contributed by atoms with Gasteiger partial charge in [0.1, 0.15) is 5.52 Å². The normalized spacial score (nSPS) is 12.3. The number of anilines is 1. The summed E-state index contributed by atoms with van der Waals surface area (Å²) in [4.78, 5) is 13.5. The number of nitrogen functional groups attached to an aromatic ring is 1. The molecule has 3 N–H and O–H groups in total. The van der Waals surface area contributed by atoms with Gasteiger partial charge in [-0.15, -0.1) is 0 Å². The van der Waals surface area contributed by atoms with E-state index in [0.29, 0.717) is 0 Å². The van der Waals surface area contributed by atoms with Gasteiger partial charge in [-0.25, -0.2) is 13.8 Å². The predicted octanol–water partition coefficient (Wildman–Crippen LogP) is 1.21. The van der Waals surface area contributed by atoms with Crippen molar-refractivity contribution in [1.82, 2.24) is 19.9 Å². The van der Waals surface area contributed by atoms with Crippen molar-refractivity contribution in [2.45, 2.75) is 12.3 Å². The largest absolute Gasteiger partial charge is 0.469 e. The van der Waals surface area contributed by atoms with E-state index >= 15 is 0 Å².